The number of hydrogen-bond acceptors (Lipinski definition) is 5. The van der Waals surface area contributed by atoms with Gasteiger partial charge in [0.15, 0.2) is 6.61 Å². The van der Waals surface area contributed by atoms with E-state index >= 15 is 0 Å². The fraction of sp³-hybridized carbons (Fsp3) is 0.238. The lowest BCUT2D eigenvalue weighted by molar-refractivity contribution is -0.119. The van der Waals surface area contributed by atoms with Crippen molar-refractivity contribution in [2.24, 2.45) is 0 Å². The Labute approximate surface area is 177 Å². The number of hydrogen-bond donors (Lipinski definition) is 1. The number of rotatable bonds is 7. The first kappa shape index (κ1) is 21.2. The number of nitrogens with one attached hydrogen (secondary N) is 1. The maximum absolute atomic E-state index is 12.5. The van der Waals surface area contributed by atoms with Gasteiger partial charge in [0.25, 0.3) is 5.91 Å². The lowest BCUT2D eigenvalue weighted by Crippen LogP contribution is -2.21. The number of benzene rings is 2. The maximum atomic E-state index is 12.5. The molecule has 29 heavy (non-hydrogen) atoms. The number of aryl methyl sites for hydroxylation is 1. The molecule has 1 N–H and O–H groups in total. The van der Waals surface area contributed by atoms with E-state index in [2.05, 4.69) is 5.32 Å². The Hall–Kier alpha value is -2.54. The normalized spacial score (nSPS) is 10.9. The maximum Gasteiger partial charge on any atom is 0.375 e. The van der Waals surface area contributed by atoms with Gasteiger partial charge in [-0.1, -0.05) is 47.5 Å². The van der Waals surface area contributed by atoms with Gasteiger partial charge < -0.3 is 19.2 Å². The van der Waals surface area contributed by atoms with Crippen molar-refractivity contribution in [3.63, 3.8) is 0 Å². The van der Waals surface area contributed by atoms with Gasteiger partial charge in [0.2, 0.25) is 5.76 Å². The fourth-order valence-corrected chi connectivity index (χ4v) is 3.22. The van der Waals surface area contributed by atoms with Gasteiger partial charge in [0, 0.05) is 17.6 Å². The van der Waals surface area contributed by atoms with E-state index in [1.54, 1.807) is 31.2 Å². The van der Waals surface area contributed by atoms with Crippen molar-refractivity contribution < 1.29 is 23.5 Å². The molecule has 0 radical (unpaired) electrons. The van der Waals surface area contributed by atoms with E-state index in [-0.39, 0.29) is 23.1 Å². The van der Waals surface area contributed by atoms with Crippen molar-refractivity contribution in [2.75, 3.05) is 18.5 Å². The number of anilines is 1. The van der Waals surface area contributed by atoms with Crippen LogP contribution in [0.2, 0.25) is 10.0 Å². The molecule has 0 saturated carbocycles. The lowest BCUT2D eigenvalue weighted by atomic mass is 10.1. The van der Waals surface area contributed by atoms with Crippen LogP contribution in [0.1, 0.15) is 28.6 Å². The molecule has 1 amide bonds. The fourth-order valence-electron chi connectivity index (χ4n) is 2.75. The van der Waals surface area contributed by atoms with Gasteiger partial charge in [-0.15, -0.1) is 0 Å². The molecule has 152 valence electrons. The third-order valence-corrected chi connectivity index (χ3v) is 5.02. The summed E-state index contributed by atoms with van der Waals surface area (Å²) in [6, 6.07) is 10.6. The molecule has 2 aromatic carbocycles. The van der Waals surface area contributed by atoms with E-state index in [1.165, 1.54) is 0 Å². The second-order valence-electron chi connectivity index (χ2n) is 6.22. The highest BCUT2D eigenvalue weighted by Gasteiger charge is 2.23. The number of furan rings is 1. The van der Waals surface area contributed by atoms with Crippen LogP contribution < -0.4 is 5.32 Å². The zero-order valence-electron chi connectivity index (χ0n) is 15.9. The Morgan fingerprint density at radius 1 is 1.14 bits per heavy atom. The first-order valence-corrected chi connectivity index (χ1v) is 9.67. The molecule has 0 atom stereocenters. The second kappa shape index (κ2) is 9.31. The number of amides is 1. The molecule has 8 heteroatoms. The van der Waals surface area contributed by atoms with Gasteiger partial charge in [0.1, 0.15) is 5.58 Å². The number of carbonyl (C=O) groups excluding carboxylic acids is 2. The van der Waals surface area contributed by atoms with Gasteiger partial charge in [-0.25, -0.2) is 4.79 Å². The van der Waals surface area contributed by atoms with E-state index in [1.807, 2.05) is 19.1 Å². The van der Waals surface area contributed by atoms with Crippen LogP contribution in [0.5, 0.6) is 0 Å². The summed E-state index contributed by atoms with van der Waals surface area (Å²) in [6.45, 7) is 3.79. The molecule has 1 heterocycles. The summed E-state index contributed by atoms with van der Waals surface area (Å²) in [5.74, 6) is -1.32. The molecule has 6 nitrogen and oxygen atoms in total. The molecule has 0 spiro atoms. The molecule has 1 aromatic heterocycles. The molecule has 0 aliphatic carbocycles. The molecule has 0 bridgehead atoms. The zero-order chi connectivity index (χ0) is 21.0. The standard InChI is InChI=1S/C21H19Cl2NO5/c1-3-27-10-14-13-6-4-5-7-16(13)29-20(14)21(26)28-11-17(25)24-19-15(22)9-8-12(2)18(19)23/h4-9H,3,10-11H2,1-2H3,(H,24,25). The third-order valence-electron chi connectivity index (χ3n) is 4.22. The van der Waals surface area contributed by atoms with Crippen molar-refractivity contribution in [3.05, 3.63) is 63.3 Å². The summed E-state index contributed by atoms with van der Waals surface area (Å²) >= 11 is 12.3. The Kier molecular flexibility index (Phi) is 6.79. The Morgan fingerprint density at radius 3 is 2.66 bits per heavy atom. The predicted octanol–water partition coefficient (Wildman–Crippen LogP) is 5.38. The van der Waals surface area contributed by atoms with Gasteiger partial charge >= 0.3 is 5.97 Å². The van der Waals surface area contributed by atoms with Crippen LogP contribution in [0.25, 0.3) is 11.0 Å². The number of carbonyl (C=O) groups is 2. The topological polar surface area (TPSA) is 77.8 Å². The average molecular weight is 436 g/mol. The summed E-state index contributed by atoms with van der Waals surface area (Å²) in [6.07, 6.45) is 0. The van der Waals surface area contributed by atoms with Crippen molar-refractivity contribution in [1.82, 2.24) is 0 Å². The van der Waals surface area contributed by atoms with Crippen LogP contribution >= 0.6 is 23.2 Å². The molecule has 3 aromatic rings. The Morgan fingerprint density at radius 2 is 1.90 bits per heavy atom. The van der Waals surface area contributed by atoms with Crippen LogP contribution in [0.4, 0.5) is 5.69 Å². The third kappa shape index (κ3) is 4.72. The number of ether oxygens (including phenoxy) is 2. The van der Waals surface area contributed by atoms with Crippen molar-refractivity contribution in [1.29, 1.82) is 0 Å². The molecule has 0 fully saturated rings. The molecule has 3 rings (SSSR count). The van der Waals surface area contributed by atoms with Crippen molar-refractivity contribution >= 4 is 51.7 Å². The van der Waals surface area contributed by atoms with Crippen molar-refractivity contribution in [2.45, 2.75) is 20.5 Å². The highest BCUT2D eigenvalue weighted by Crippen LogP contribution is 2.33. The van der Waals surface area contributed by atoms with Crippen LogP contribution in [0.15, 0.2) is 40.8 Å². The second-order valence-corrected chi connectivity index (χ2v) is 7.01. The summed E-state index contributed by atoms with van der Waals surface area (Å²) in [5.41, 5.74) is 2.15. The summed E-state index contributed by atoms with van der Waals surface area (Å²) in [4.78, 5) is 24.8. The number of halogens is 2. The van der Waals surface area contributed by atoms with E-state index in [9.17, 15) is 9.59 Å². The van der Waals surface area contributed by atoms with Crippen molar-refractivity contribution in [3.8, 4) is 0 Å². The SMILES string of the molecule is CCOCc1c(C(=O)OCC(=O)Nc2c(Cl)ccc(C)c2Cl)oc2ccccc12. The van der Waals surface area contributed by atoms with Gasteiger partial charge in [-0.2, -0.15) is 0 Å². The highest BCUT2D eigenvalue weighted by atomic mass is 35.5. The molecule has 0 unspecified atom stereocenters. The first-order chi connectivity index (χ1) is 13.9. The number of para-hydroxylation sites is 1. The van der Waals surface area contributed by atoms with E-state index in [4.69, 9.17) is 37.1 Å². The largest absolute Gasteiger partial charge is 0.450 e. The molecular formula is C21H19Cl2NO5. The van der Waals surface area contributed by atoms with Crippen LogP contribution in [-0.4, -0.2) is 25.1 Å². The van der Waals surface area contributed by atoms with E-state index < -0.39 is 18.5 Å². The van der Waals surface area contributed by atoms with Crippen LogP contribution in [-0.2, 0) is 20.9 Å². The number of esters is 1. The number of fused-ring (bicyclic) bond motifs is 1. The minimum atomic E-state index is -0.757. The minimum absolute atomic E-state index is 0.0130. The summed E-state index contributed by atoms with van der Waals surface area (Å²) in [5, 5.41) is 3.94. The molecular weight excluding hydrogens is 417 g/mol. The monoisotopic (exact) mass is 435 g/mol. The smallest absolute Gasteiger partial charge is 0.375 e. The minimum Gasteiger partial charge on any atom is -0.450 e. The van der Waals surface area contributed by atoms with E-state index in [0.717, 1.165) is 10.9 Å². The van der Waals surface area contributed by atoms with E-state index in [0.29, 0.717) is 22.8 Å². The molecule has 0 saturated heterocycles. The first-order valence-electron chi connectivity index (χ1n) is 8.92. The van der Waals surface area contributed by atoms with Gasteiger partial charge in [0.05, 0.1) is 22.3 Å². The lowest BCUT2D eigenvalue weighted by Gasteiger charge is -2.11. The quantitative estimate of drug-likeness (QED) is 0.503. The Bertz CT molecular complexity index is 1060. The van der Waals surface area contributed by atoms with Crippen LogP contribution in [0.3, 0.4) is 0 Å². The predicted molar refractivity (Wildman–Crippen MR) is 112 cm³/mol. The van der Waals surface area contributed by atoms with Crippen LogP contribution in [0, 0.1) is 6.92 Å². The highest BCUT2D eigenvalue weighted by molar-refractivity contribution is 6.40. The van der Waals surface area contributed by atoms with Gasteiger partial charge in [-0.3, -0.25) is 4.79 Å². The molecule has 0 aliphatic rings. The average Bonchev–Trinajstić information content (AvgIpc) is 3.09. The Balaban J connectivity index is 1.72. The summed E-state index contributed by atoms with van der Waals surface area (Å²) in [7, 11) is 0. The zero-order valence-corrected chi connectivity index (χ0v) is 17.4. The van der Waals surface area contributed by atoms with Gasteiger partial charge in [-0.05, 0) is 31.5 Å². The molecule has 0 aliphatic heterocycles. The summed E-state index contributed by atoms with van der Waals surface area (Å²) < 4.78 is 16.2.